The number of aliphatic carboxylic acids is 1. The van der Waals surface area contributed by atoms with E-state index in [0.29, 0.717) is 6.54 Å². The van der Waals surface area contributed by atoms with Gasteiger partial charge in [-0.15, -0.1) is 0 Å². The van der Waals surface area contributed by atoms with E-state index in [1.54, 1.807) is 7.11 Å². The van der Waals surface area contributed by atoms with Crippen LogP contribution in [0.1, 0.15) is 5.56 Å². The number of hydrogen-bond acceptors (Lipinski definition) is 4. The van der Waals surface area contributed by atoms with E-state index in [9.17, 15) is 4.79 Å². The van der Waals surface area contributed by atoms with Crippen molar-refractivity contribution in [1.82, 2.24) is 4.90 Å². The van der Waals surface area contributed by atoms with Gasteiger partial charge in [-0.05, 0) is 25.2 Å². The molecule has 100 valence electrons. The second-order valence-corrected chi connectivity index (χ2v) is 5.01. The normalized spacial score (nSPS) is 12.5. The minimum Gasteiger partial charge on any atom is -0.496 e. The third-order valence-electron chi connectivity index (χ3n) is 2.51. The summed E-state index contributed by atoms with van der Waals surface area (Å²) in [6.07, 6.45) is 0. The standard InChI is InChI=1S/C12H17BrN2O3/c1-15(7-10(14)12(16)17)6-8-5-9(13)3-4-11(8)18-2/h3-5,10H,6-7,14H2,1-2H3,(H,16,17). The molecule has 1 unspecified atom stereocenters. The number of nitrogens with two attached hydrogens (primary N) is 1. The Morgan fingerprint density at radius 3 is 2.83 bits per heavy atom. The van der Waals surface area contributed by atoms with Gasteiger partial charge in [-0.1, -0.05) is 15.9 Å². The summed E-state index contributed by atoms with van der Waals surface area (Å²) in [6.45, 7) is 0.856. The topological polar surface area (TPSA) is 75.8 Å². The van der Waals surface area contributed by atoms with Crippen LogP contribution in [0.5, 0.6) is 5.75 Å². The average molecular weight is 317 g/mol. The quantitative estimate of drug-likeness (QED) is 0.827. The minimum absolute atomic E-state index is 0.283. The molecule has 1 rings (SSSR count). The fraction of sp³-hybridized carbons (Fsp3) is 0.417. The first-order valence-electron chi connectivity index (χ1n) is 5.43. The molecule has 1 atom stereocenters. The van der Waals surface area contributed by atoms with Crippen molar-refractivity contribution in [2.24, 2.45) is 5.73 Å². The smallest absolute Gasteiger partial charge is 0.321 e. The molecule has 1 aromatic carbocycles. The van der Waals surface area contributed by atoms with E-state index < -0.39 is 12.0 Å². The molecule has 0 aliphatic heterocycles. The Morgan fingerprint density at radius 1 is 1.61 bits per heavy atom. The molecule has 18 heavy (non-hydrogen) atoms. The van der Waals surface area contributed by atoms with Gasteiger partial charge in [0.1, 0.15) is 11.8 Å². The van der Waals surface area contributed by atoms with Crippen molar-refractivity contribution in [1.29, 1.82) is 0 Å². The number of benzene rings is 1. The van der Waals surface area contributed by atoms with E-state index in [0.717, 1.165) is 15.8 Å². The predicted molar refractivity (Wildman–Crippen MR) is 72.6 cm³/mol. The molecule has 0 amide bonds. The third kappa shape index (κ3) is 4.29. The maximum atomic E-state index is 10.7. The second kappa shape index (κ2) is 6.72. The van der Waals surface area contributed by atoms with Crippen molar-refractivity contribution in [3.05, 3.63) is 28.2 Å². The van der Waals surface area contributed by atoms with Crippen molar-refractivity contribution in [2.75, 3.05) is 20.7 Å². The first kappa shape index (κ1) is 14.9. The molecular weight excluding hydrogens is 300 g/mol. The largest absolute Gasteiger partial charge is 0.496 e. The number of carboxylic acid groups (broad SMARTS) is 1. The fourth-order valence-electron chi connectivity index (χ4n) is 1.64. The molecule has 5 nitrogen and oxygen atoms in total. The van der Waals surface area contributed by atoms with Gasteiger partial charge >= 0.3 is 5.97 Å². The van der Waals surface area contributed by atoms with Crippen molar-refractivity contribution in [2.45, 2.75) is 12.6 Å². The summed E-state index contributed by atoms with van der Waals surface area (Å²) in [6, 6.07) is 4.82. The summed E-state index contributed by atoms with van der Waals surface area (Å²) in [5.74, 6) is -0.225. The maximum Gasteiger partial charge on any atom is 0.321 e. The van der Waals surface area contributed by atoms with Gasteiger partial charge in [0.25, 0.3) is 0 Å². The number of carboxylic acids is 1. The van der Waals surface area contributed by atoms with Crippen molar-refractivity contribution in [3.63, 3.8) is 0 Å². The van der Waals surface area contributed by atoms with Gasteiger partial charge in [-0.3, -0.25) is 9.69 Å². The van der Waals surface area contributed by atoms with Gasteiger partial charge < -0.3 is 15.6 Å². The van der Waals surface area contributed by atoms with E-state index in [-0.39, 0.29) is 6.54 Å². The number of halogens is 1. The summed E-state index contributed by atoms with van der Waals surface area (Å²) >= 11 is 3.40. The lowest BCUT2D eigenvalue weighted by atomic mass is 10.2. The molecule has 3 N–H and O–H groups in total. The molecule has 0 heterocycles. The molecule has 0 bridgehead atoms. The van der Waals surface area contributed by atoms with E-state index in [1.165, 1.54) is 0 Å². The summed E-state index contributed by atoms with van der Waals surface area (Å²) < 4.78 is 6.21. The number of ether oxygens (including phenoxy) is 1. The number of rotatable bonds is 6. The Kier molecular flexibility index (Phi) is 5.58. The first-order chi connectivity index (χ1) is 8.43. The number of methoxy groups -OCH3 is 1. The van der Waals surface area contributed by atoms with Crippen LogP contribution in [-0.2, 0) is 11.3 Å². The SMILES string of the molecule is COc1ccc(Br)cc1CN(C)CC(N)C(=O)O. The molecule has 0 radical (unpaired) electrons. The highest BCUT2D eigenvalue weighted by atomic mass is 79.9. The van der Waals surface area contributed by atoms with Gasteiger partial charge in [0.2, 0.25) is 0 Å². The van der Waals surface area contributed by atoms with Gasteiger partial charge in [-0.2, -0.15) is 0 Å². The first-order valence-corrected chi connectivity index (χ1v) is 6.22. The zero-order valence-electron chi connectivity index (χ0n) is 10.4. The number of likely N-dealkylation sites (N-methyl/N-ethyl adjacent to an activating group) is 1. The van der Waals surface area contributed by atoms with Crippen molar-refractivity contribution < 1.29 is 14.6 Å². The van der Waals surface area contributed by atoms with Crippen molar-refractivity contribution in [3.8, 4) is 5.75 Å². The Morgan fingerprint density at radius 2 is 2.28 bits per heavy atom. The highest BCUT2D eigenvalue weighted by molar-refractivity contribution is 9.10. The average Bonchev–Trinajstić information content (AvgIpc) is 2.28. The Balaban J connectivity index is 2.71. The van der Waals surface area contributed by atoms with Crippen LogP contribution >= 0.6 is 15.9 Å². The summed E-state index contributed by atoms with van der Waals surface area (Å²) in [5.41, 5.74) is 6.47. The molecule has 0 spiro atoms. The van der Waals surface area contributed by atoms with Gasteiger partial charge in [0.15, 0.2) is 0 Å². The monoisotopic (exact) mass is 316 g/mol. The molecule has 0 fully saturated rings. The van der Waals surface area contributed by atoms with Crippen LogP contribution in [0.25, 0.3) is 0 Å². The van der Waals surface area contributed by atoms with Crippen LogP contribution in [-0.4, -0.2) is 42.7 Å². The molecule has 0 saturated carbocycles. The van der Waals surface area contributed by atoms with Crippen LogP contribution in [0.4, 0.5) is 0 Å². The zero-order chi connectivity index (χ0) is 13.7. The lowest BCUT2D eigenvalue weighted by Gasteiger charge is -2.20. The van der Waals surface area contributed by atoms with E-state index in [1.807, 2.05) is 30.1 Å². The molecule has 1 aromatic rings. The molecule has 0 aromatic heterocycles. The lowest BCUT2D eigenvalue weighted by Crippen LogP contribution is -2.40. The van der Waals surface area contributed by atoms with E-state index in [4.69, 9.17) is 15.6 Å². The van der Waals surface area contributed by atoms with E-state index >= 15 is 0 Å². The highest BCUT2D eigenvalue weighted by Gasteiger charge is 2.15. The second-order valence-electron chi connectivity index (χ2n) is 4.10. The van der Waals surface area contributed by atoms with Gasteiger partial charge in [-0.25, -0.2) is 0 Å². The number of nitrogens with zero attached hydrogens (tertiary/aromatic N) is 1. The van der Waals surface area contributed by atoms with Crippen LogP contribution in [0.2, 0.25) is 0 Å². The summed E-state index contributed by atoms with van der Waals surface area (Å²) in [7, 11) is 3.43. The number of hydrogen-bond donors (Lipinski definition) is 2. The molecule has 6 heteroatoms. The van der Waals surface area contributed by atoms with Gasteiger partial charge in [0, 0.05) is 23.1 Å². The minimum atomic E-state index is -0.997. The molecule has 0 aliphatic carbocycles. The molecule has 0 saturated heterocycles. The van der Waals surface area contributed by atoms with E-state index in [2.05, 4.69) is 15.9 Å². The van der Waals surface area contributed by atoms with Crippen LogP contribution in [0.3, 0.4) is 0 Å². The van der Waals surface area contributed by atoms with Crippen LogP contribution < -0.4 is 10.5 Å². The Labute approximate surface area is 115 Å². The third-order valence-corrected chi connectivity index (χ3v) is 3.00. The summed E-state index contributed by atoms with van der Waals surface area (Å²) in [5, 5.41) is 8.76. The zero-order valence-corrected chi connectivity index (χ0v) is 12.0. The Bertz CT molecular complexity index is 426. The predicted octanol–water partition coefficient (Wildman–Crippen LogP) is 1.30. The number of carbonyl (C=O) groups is 1. The van der Waals surface area contributed by atoms with Crippen LogP contribution in [0.15, 0.2) is 22.7 Å². The fourth-order valence-corrected chi connectivity index (χ4v) is 2.05. The van der Waals surface area contributed by atoms with Gasteiger partial charge in [0.05, 0.1) is 7.11 Å². The Hall–Kier alpha value is -1.11. The van der Waals surface area contributed by atoms with Crippen LogP contribution in [0, 0.1) is 0 Å². The summed E-state index contributed by atoms with van der Waals surface area (Å²) in [4.78, 5) is 12.5. The molecule has 0 aliphatic rings. The lowest BCUT2D eigenvalue weighted by molar-refractivity contribution is -0.138. The van der Waals surface area contributed by atoms with Crippen molar-refractivity contribution >= 4 is 21.9 Å². The maximum absolute atomic E-state index is 10.7. The highest BCUT2D eigenvalue weighted by Crippen LogP contribution is 2.23. The molecular formula is C12H17BrN2O3.